The van der Waals surface area contributed by atoms with E-state index < -0.39 is 128 Å². The minimum atomic E-state index is -1.81. The van der Waals surface area contributed by atoms with E-state index in [0.29, 0.717) is 49.9 Å². The Kier molecular flexibility index (Phi) is 16.6. The Morgan fingerprint density at radius 1 is 0.581 bits per heavy atom. The van der Waals surface area contributed by atoms with Gasteiger partial charge in [0.05, 0.1) is 18.8 Å². The maximum Gasteiger partial charge on any atom is 0.303 e. The molecule has 0 N–H and O–H groups in total. The van der Waals surface area contributed by atoms with Crippen LogP contribution in [0.2, 0.25) is 0 Å². The van der Waals surface area contributed by atoms with Gasteiger partial charge in [0, 0.05) is 73.1 Å². The SMILES string of the molecule is CC(=O)OC[C@H]1O[C@@H](O[C@H]2[C@H](OC(C)=O)[C@@H](OC(C)=O)[C@H](O[C@H]3CC[C@@]4(C)[C@@H](CC[C@@H]5[C@@H]4C(=O)C[C@]4(C)C6C(C[C@@H]54)O[C@]4(CC[C@@H](C)CO4)C6C)C3)O[C@@H]2COC(C)=O)[C@H](OC(C)=O)[C@@H](OC(C)=O)[C@@H]1OC(C)=O. The molecule has 3 unspecified atom stereocenters. The van der Waals surface area contributed by atoms with Crippen molar-refractivity contribution in [3.05, 3.63) is 0 Å². The molecule has 8 fully saturated rings. The van der Waals surface area contributed by atoms with Crippen LogP contribution in [-0.2, 0) is 99.9 Å². The second kappa shape index (κ2) is 22.0. The number of hydrogen-bond donors (Lipinski definition) is 0. The lowest BCUT2D eigenvalue weighted by Crippen LogP contribution is -2.67. The highest BCUT2D eigenvalue weighted by molar-refractivity contribution is 5.84. The molecule has 4 saturated heterocycles. The number of ether oxygens (including phenoxy) is 13. The van der Waals surface area contributed by atoms with Gasteiger partial charge < -0.3 is 61.6 Å². The Labute approximate surface area is 431 Å². The van der Waals surface area contributed by atoms with Gasteiger partial charge in [-0.2, -0.15) is 0 Å². The Bertz CT molecular complexity index is 2160. The van der Waals surface area contributed by atoms with Gasteiger partial charge in [0.15, 0.2) is 48.9 Å². The maximum absolute atomic E-state index is 14.8. The summed E-state index contributed by atoms with van der Waals surface area (Å²) in [6.45, 7) is 16.4. The molecule has 0 bridgehead atoms. The second-order valence-corrected chi connectivity index (χ2v) is 22.8. The number of esters is 7. The van der Waals surface area contributed by atoms with Gasteiger partial charge in [0.25, 0.3) is 0 Å². The smallest absolute Gasteiger partial charge is 0.303 e. The first-order chi connectivity index (χ1) is 34.8. The molecule has 74 heavy (non-hydrogen) atoms. The number of carbonyl (C=O) groups is 8. The zero-order valence-corrected chi connectivity index (χ0v) is 44.5. The molecule has 4 saturated carbocycles. The molecule has 8 rings (SSSR count). The zero-order chi connectivity index (χ0) is 53.8. The maximum atomic E-state index is 14.8. The number of carbonyl (C=O) groups excluding carboxylic acids is 8. The molecular weight excluding hydrogens is 973 g/mol. The van der Waals surface area contributed by atoms with Crippen LogP contribution in [0.25, 0.3) is 0 Å². The summed E-state index contributed by atoms with van der Waals surface area (Å²) in [7, 11) is 0. The molecule has 4 aliphatic carbocycles. The fourth-order valence-corrected chi connectivity index (χ4v) is 14.9. The lowest BCUT2D eigenvalue weighted by molar-refractivity contribution is -0.365. The van der Waals surface area contributed by atoms with E-state index in [1.807, 2.05) is 0 Å². The van der Waals surface area contributed by atoms with E-state index in [4.69, 9.17) is 61.6 Å². The van der Waals surface area contributed by atoms with Gasteiger partial charge in [-0.25, -0.2) is 0 Å². The lowest BCUT2D eigenvalue weighted by atomic mass is 9.44. The van der Waals surface area contributed by atoms with Crippen molar-refractivity contribution in [2.45, 2.75) is 213 Å². The van der Waals surface area contributed by atoms with Gasteiger partial charge in [0.2, 0.25) is 0 Å². The van der Waals surface area contributed by atoms with Crippen LogP contribution in [0.1, 0.15) is 134 Å². The molecule has 0 aromatic carbocycles. The normalized spacial score (nSPS) is 44.3. The van der Waals surface area contributed by atoms with Crippen molar-refractivity contribution in [1.29, 1.82) is 0 Å². The Balaban J connectivity index is 1.04. The molecule has 8 aliphatic rings. The molecule has 0 aromatic heterocycles. The summed E-state index contributed by atoms with van der Waals surface area (Å²) in [5.74, 6) is -4.62. The molecule has 0 radical (unpaired) electrons. The summed E-state index contributed by atoms with van der Waals surface area (Å²) >= 11 is 0. The minimum Gasteiger partial charge on any atom is -0.463 e. The van der Waals surface area contributed by atoms with E-state index in [2.05, 4.69) is 27.7 Å². The van der Waals surface area contributed by atoms with Gasteiger partial charge in [-0.1, -0.05) is 27.7 Å². The van der Waals surface area contributed by atoms with E-state index in [1.54, 1.807) is 0 Å². The molecule has 21 heteroatoms. The highest BCUT2D eigenvalue weighted by atomic mass is 16.8. The van der Waals surface area contributed by atoms with Crippen molar-refractivity contribution in [1.82, 2.24) is 0 Å². The van der Waals surface area contributed by atoms with Gasteiger partial charge in [0.1, 0.15) is 37.3 Å². The van der Waals surface area contributed by atoms with Gasteiger partial charge in [-0.15, -0.1) is 0 Å². The number of hydrogen-bond acceptors (Lipinski definition) is 21. The van der Waals surface area contributed by atoms with Crippen molar-refractivity contribution >= 4 is 47.6 Å². The van der Waals surface area contributed by atoms with E-state index in [9.17, 15) is 38.4 Å². The lowest BCUT2D eigenvalue weighted by Gasteiger charge is -2.60. The largest absolute Gasteiger partial charge is 0.463 e. The molecule has 4 aliphatic heterocycles. The van der Waals surface area contributed by atoms with Crippen LogP contribution in [-0.4, -0.2) is 147 Å². The van der Waals surface area contributed by atoms with Crippen molar-refractivity contribution < 1.29 is 99.9 Å². The molecular formula is C53H76O21. The summed E-state index contributed by atoms with van der Waals surface area (Å²) in [5, 5.41) is 0. The predicted octanol–water partition coefficient (Wildman–Crippen LogP) is 4.62. The van der Waals surface area contributed by atoms with E-state index in [-0.39, 0.29) is 46.5 Å². The standard InChI is InChI=1S/C53H76O21/c1-24-14-17-53(64-21-24)25(2)41-38(74-53)19-36-35-13-12-33-18-34(15-16-51(33,10)42(35)37(61)20-52(36,41)11)70-49-47(68-31(8)59)46(67-30(7)58)44(40(71-49)23-63-27(4)55)73-50-48(69-32(9)60)45(66-29(6)57)43(65-28(5)56)39(72-50)22-62-26(3)54/h24-25,33-36,38-50H,12-23H2,1-11H3/t24-,25?,33+,34+,35+,36+,38?,39-,40-,41?,42-,43-,44-,45+,46+,47-,48-,49-,50+,51+,52+,53-/m1/s1. The summed E-state index contributed by atoms with van der Waals surface area (Å²) in [5.41, 5.74) is -0.514. The van der Waals surface area contributed by atoms with Crippen molar-refractivity contribution in [3.8, 4) is 0 Å². The Morgan fingerprint density at radius 2 is 1.11 bits per heavy atom. The van der Waals surface area contributed by atoms with Crippen molar-refractivity contribution in [2.24, 2.45) is 52.3 Å². The van der Waals surface area contributed by atoms with Crippen LogP contribution in [0.4, 0.5) is 0 Å². The third-order valence-corrected chi connectivity index (χ3v) is 17.8. The number of rotatable bonds is 13. The van der Waals surface area contributed by atoms with Crippen molar-refractivity contribution in [2.75, 3.05) is 19.8 Å². The summed E-state index contributed by atoms with van der Waals surface area (Å²) in [4.78, 5) is 103. The van der Waals surface area contributed by atoms with Gasteiger partial charge >= 0.3 is 41.8 Å². The van der Waals surface area contributed by atoms with Crippen LogP contribution in [0.3, 0.4) is 0 Å². The molecule has 1 spiro atoms. The second-order valence-electron chi connectivity index (χ2n) is 22.8. The monoisotopic (exact) mass is 1050 g/mol. The van der Waals surface area contributed by atoms with E-state index in [1.165, 1.54) is 0 Å². The number of ketones is 1. The van der Waals surface area contributed by atoms with E-state index >= 15 is 0 Å². The quantitative estimate of drug-likeness (QED) is 0.139. The van der Waals surface area contributed by atoms with Gasteiger partial charge in [-0.3, -0.25) is 38.4 Å². The molecule has 0 amide bonds. The highest BCUT2D eigenvalue weighted by Gasteiger charge is 2.71. The number of Topliss-reactive ketones (excluding diaryl/α,β-unsaturated/α-hetero) is 1. The fourth-order valence-electron chi connectivity index (χ4n) is 14.9. The first-order valence-electron chi connectivity index (χ1n) is 26.4. The molecule has 21 nitrogen and oxygen atoms in total. The highest BCUT2D eigenvalue weighted by Crippen LogP contribution is 2.70. The summed E-state index contributed by atoms with van der Waals surface area (Å²) in [6, 6.07) is 0. The average molecular weight is 1050 g/mol. The molecule has 0 aromatic rings. The summed E-state index contributed by atoms with van der Waals surface area (Å²) < 4.78 is 78.8. The van der Waals surface area contributed by atoms with E-state index in [0.717, 1.165) is 80.6 Å². The van der Waals surface area contributed by atoms with Crippen LogP contribution in [0, 0.1) is 52.3 Å². The van der Waals surface area contributed by atoms with Crippen LogP contribution in [0.15, 0.2) is 0 Å². The topological polar surface area (TPSA) is 257 Å². The number of fused-ring (bicyclic) bond motifs is 7. The first kappa shape index (κ1) is 55.9. The predicted molar refractivity (Wildman–Crippen MR) is 250 cm³/mol. The fraction of sp³-hybridized carbons (Fsp3) is 0.849. The van der Waals surface area contributed by atoms with Crippen LogP contribution in [0.5, 0.6) is 0 Å². The average Bonchev–Trinajstić information content (AvgIpc) is 3.74. The first-order valence-corrected chi connectivity index (χ1v) is 26.4. The third kappa shape index (κ3) is 11.1. The molecule has 414 valence electrons. The van der Waals surface area contributed by atoms with Crippen molar-refractivity contribution in [3.63, 3.8) is 0 Å². The molecule has 22 atom stereocenters. The van der Waals surface area contributed by atoms with Crippen LogP contribution >= 0.6 is 0 Å². The van der Waals surface area contributed by atoms with Gasteiger partial charge in [-0.05, 0) is 85.4 Å². The van der Waals surface area contributed by atoms with Crippen LogP contribution < -0.4 is 0 Å². The summed E-state index contributed by atoms with van der Waals surface area (Å²) in [6.07, 6.45) is -9.26. The molecule has 4 heterocycles. The Morgan fingerprint density at radius 3 is 1.65 bits per heavy atom. The zero-order valence-electron chi connectivity index (χ0n) is 44.5. The minimum absolute atomic E-state index is 0.0490. The third-order valence-electron chi connectivity index (χ3n) is 17.8. The Hall–Kier alpha value is -4.28.